The van der Waals surface area contributed by atoms with Crippen LogP contribution in [0.15, 0.2) is 103 Å². The number of hydrogen-bond acceptors (Lipinski definition) is 0. The predicted octanol–water partition coefficient (Wildman–Crippen LogP) is 11.6. The zero-order valence-electron chi connectivity index (χ0n) is 30.9. The minimum absolute atomic E-state index is 0. The first-order valence-electron chi connectivity index (χ1n) is 17.7. The molecule has 0 spiro atoms. The molecule has 8 rings (SSSR count). The van der Waals surface area contributed by atoms with Gasteiger partial charge in [-0.1, -0.05) is 0 Å². The summed E-state index contributed by atoms with van der Waals surface area (Å²) in [6, 6.07) is 24.0. The summed E-state index contributed by atoms with van der Waals surface area (Å²) in [6.45, 7) is 18.3. The van der Waals surface area contributed by atoms with Crippen LogP contribution in [0.1, 0.15) is 88.8 Å². The molecule has 0 amide bonds. The molecule has 0 fully saturated rings. The molecule has 4 aliphatic rings. The van der Waals surface area contributed by atoms with E-state index in [0.29, 0.717) is 0 Å². The molecule has 51 heavy (non-hydrogen) atoms. The van der Waals surface area contributed by atoms with Crippen molar-refractivity contribution in [3.05, 3.63) is 148 Å². The van der Waals surface area contributed by atoms with Gasteiger partial charge in [-0.2, -0.15) is 0 Å². The first kappa shape index (κ1) is 37.8. The van der Waals surface area contributed by atoms with Gasteiger partial charge in [0.1, 0.15) is 0 Å². The molecule has 0 radical (unpaired) electrons. The summed E-state index contributed by atoms with van der Waals surface area (Å²) in [6.07, 6.45) is 12.8. The zero-order chi connectivity index (χ0) is 34.9. The molecule has 1 atom stereocenters. The fraction of sp³-hybridized carbons (Fsp3) is 0.283. The normalized spacial score (nSPS) is 19.2. The summed E-state index contributed by atoms with van der Waals surface area (Å²) < 4.78 is 39.9. The summed E-state index contributed by atoms with van der Waals surface area (Å²) in [5, 5.41) is 0. The average Bonchev–Trinajstić information content (AvgIpc) is 3.76. The van der Waals surface area contributed by atoms with Crippen molar-refractivity contribution in [3.63, 3.8) is 0 Å². The fourth-order valence-electron chi connectivity index (χ4n) is 9.83. The van der Waals surface area contributed by atoms with Gasteiger partial charge in [-0.25, -0.2) is 0 Å². The van der Waals surface area contributed by atoms with E-state index in [-0.39, 0.29) is 58.6 Å². The second kappa shape index (κ2) is 12.0. The van der Waals surface area contributed by atoms with Crippen LogP contribution in [0.3, 0.4) is 0 Å². The molecule has 4 aliphatic carbocycles. The summed E-state index contributed by atoms with van der Waals surface area (Å²) in [5.41, 5.74) is 11.6. The molecule has 4 aromatic carbocycles. The van der Waals surface area contributed by atoms with Crippen LogP contribution in [-0.4, -0.2) is 4.21 Å². The van der Waals surface area contributed by atoms with Gasteiger partial charge in [0.05, 0.1) is 0 Å². The first-order chi connectivity index (χ1) is 22.9. The number of fused-ring (bicyclic) bond motifs is 5. The van der Waals surface area contributed by atoms with Crippen molar-refractivity contribution in [1.82, 2.24) is 0 Å². The van der Waals surface area contributed by atoms with Crippen molar-refractivity contribution in [2.75, 3.05) is 0 Å². The molecule has 1 unspecified atom stereocenters. The molecular weight excluding hydrogens is 753 g/mol. The van der Waals surface area contributed by atoms with Crippen molar-refractivity contribution in [3.8, 4) is 11.1 Å². The van der Waals surface area contributed by atoms with E-state index in [2.05, 4.69) is 110 Å². The molecule has 264 valence electrons. The van der Waals surface area contributed by atoms with E-state index in [9.17, 15) is 8.78 Å². The Morgan fingerprint density at radius 1 is 0.725 bits per heavy atom. The molecule has 0 saturated carbocycles. The van der Waals surface area contributed by atoms with Crippen LogP contribution < -0.4 is 6.54 Å². The van der Waals surface area contributed by atoms with E-state index in [4.69, 9.17) is 4.21 Å². The van der Waals surface area contributed by atoms with E-state index in [1.807, 2.05) is 24.3 Å². The molecule has 0 nitrogen and oxygen atoms in total. The van der Waals surface area contributed by atoms with E-state index in [1.54, 1.807) is 24.3 Å². The molecule has 5 heteroatoms. The Hall–Kier alpha value is -2.97. The Kier molecular flexibility index (Phi) is 8.91. The van der Waals surface area contributed by atoms with E-state index >= 15 is 0 Å². The Morgan fingerprint density at radius 3 is 1.75 bits per heavy atom. The molecule has 4 aromatic rings. The molecule has 0 aliphatic heterocycles. The minimum atomic E-state index is -5.22. The summed E-state index contributed by atoms with van der Waals surface area (Å²) in [4.78, 5) is 0. The molecular formula is C46H48Cl2F2Zr. The van der Waals surface area contributed by atoms with Crippen LogP contribution in [-0.2, 0) is 35.5 Å². The van der Waals surface area contributed by atoms with Gasteiger partial charge in [-0.15, -0.1) is 24.8 Å². The van der Waals surface area contributed by atoms with Crippen molar-refractivity contribution in [1.29, 1.82) is 0 Å². The summed E-state index contributed by atoms with van der Waals surface area (Å²) >= 11 is -5.22. The number of hydrogen-bond donors (Lipinski definition) is 0. The Labute approximate surface area is 315 Å². The van der Waals surface area contributed by atoms with Gasteiger partial charge >= 0.3 is 293 Å². The van der Waals surface area contributed by atoms with Gasteiger partial charge in [0.25, 0.3) is 0 Å². The van der Waals surface area contributed by atoms with Gasteiger partial charge < -0.3 is 0 Å². The predicted molar refractivity (Wildman–Crippen MR) is 216 cm³/mol. The van der Waals surface area contributed by atoms with Gasteiger partial charge in [-0.05, 0) is 0 Å². The van der Waals surface area contributed by atoms with E-state index < -0.39 is 18.3 Å². The molecule has 0 N–H and O–H groups in total. The van der Waals surface area contributed by atoms with Crippen LogP contribution in [0.4, 0.5) is 8.78 Å². The number of benzene rings is 4. The van der Waals surface area contributed by atoms with Crippen molar-refractivity contribution < 1.29 is 27.1 Å². The van der Waals surface area contributed by atoms with Crippen LogP contribution in [0.2, 0.25) is 0 Å². The third-order valence-corrected chi connectivity index (χ3v) is 29.9. The third-order valence-electron chi connectivity index (χ3n) is 12.5. The quantitative estimate of drug-likeness (QED) is 0.170. The second-order valence-electron chi connectivity index (χ2n) is 17.3. The Bertz CT molecular complexity index is 2260. The monoisotopic (exact) mass is 798 g/mol. The Balaban J connectivity index is 0.00000224. The average molecular weight is 801 g/mol. The van der Waals surface area contributed by atoms with Gasteiger partial charge in [0.2, 0.25) is 0 Å². The molecule has 0 saturated heterocycles. The molecule has 0 heterocycles. The zero-order valence-corrected chi connectivity index (χ0v) is 35.0. The maximum atomic E-state index is 14.8. The standard InChI is InChI=1S/C23H21.C10H15.2C6H4F.CH2.2ClH.Zr/c1-22(2)7-5-14-10-18-16(12-20(14)22)9-17-13-21-15(11-19(17)18)6-8-23(21,3)4;1-8-5-6-9(7-8)10(2,3)4;2*7-6-4-2-1-3-5-6;;;;/h5-7,10-13H,9H2,1-4H3;6-8H,1-4H3;2*2-5H;1H2;2*1H;. The number of halogens is 4. The molecule has 0 aromatic heterocycles. The Morgan fingerprint density at radius 2 is 1.24 bits per heavy atom. The van der Waals surface area contributed by atoms with Crippen LogP contribution in [0.5, 0.6) is 0 Å². The third kappa shape index (κ3) is 5.23. The SMILES string of the molecule is Cl.Cl.[CH2]=[Zr]([C]1=CC(C(C)(C)C)=CC1C)([C]1=Cc2cc3c(cc2C1(C)C)Cc1cc2c(cc1-3)C=CC2(C)C)([c]1ccc(F)cc1)[c]1ccc(F)cc1. The number of allylic oxidation sites excluding steroid dienone is 6. The summed E-state index contributed by atoms with van der Waals surface area (Å²) in [7, 11) is 0. The van der Waals surface area contributed by atoms with Crippen molar-refractivity contribution >= 4 is 47.7 Å². The van der Waals surface area contributed by atoms with Gasteiger partial charge in [-0.3, -0.25) is 0 Å². The number of rotatable bonds is 4. The first-order valence-corrected chi connectivity index (χ1v) is 24.3. The second-order valence-corrected chi connectivity index (χ2v) is 30.1. The van der Waals surface area contributed by atoms with Crippen molar-refractivity contribution in [2.45, 2.75) is 72.6 Å². The maximum absolute atomic E-state index is 14.8. The van der Waals surface area contributed by atoms with Crippen LogP contribution in [0.25, 0.3) is 23.3 Å². The van der Waals surface area contributed by atoms with Crippen molar-refractivity contribution in [2.24, 2.45) is 11.3 Å². The van der Waals surface area contributed by atoms with E-state index in [1.165, 1.54) is 56.6 Å². The topological polar surface area (TPSA) is 0 Å². The van der Waals surface area contributed by atoms with Gasteiger partial charge in [0.15, 0.2) is 0 Å². The molecule has 0 bridgehead atoms. The summed E-state index contributed by atoms with van der Waals surface area (Å²) in [5.74, 6) is -0.420. The van der Waals surface area contributed by atoms with E-state index in [0.717, 1.165) is 13.0 Å². The fourth-order valence-corrected chi connectivity index (χ4v) is 27.7. The van der Waals surface area contributed by atoms with Gasteiger partial charge in [0, 0.05) is 0 Å². The van der Waals surface area contributed by atoms with Crippen LogP contribution >= 0.6 is 24.8 Å². The van der Waals surface area contributed by atoms with Crippen LogP contribution in [0, 0.1) is 23.0 Å².